The maximum atomic E-state index is 11.0. The first-order valence-corrected chi connectivity index (χ1v) is 7.53. The topological polar surface area (TPSA) is 80.5 Å². The van der Waals surface area contributed by atoms with Crippen molar-refractivity contribution in [2.24, 2.45) is 0 Å². The molecule has 7 nitrogen and oxygen atoms in total. The Kier molecular flexibility index (Phi) is 4.97. The van der Waals surface area contributed by atoms with Crippen LogP contribution in [0.2, 0.25) is 0 Å². The van der Waals surface area contributed by atoms with Crippen LogP contribution in [0.5, 0.6) is 0 Å². The summed E-state index contributed by atoms with van der Waals surface area (Å²) in [5.74, 6) is 0.315. The van der Waals surface area contributed by atoms with Crippen molar-refractivity contribution in [3.63, 3.8) is 0 Å². The van der Waals surface area contributed by atoms with Gasteiger partial charge in [0.1, 0.15) is 0 Å². The van der Waals surface area contributed by atoms with E-state index in [1.807, 2.05) is 0 Å². The molecule has 0 aliphatic carbocycles. The molecule has 0 unspecified atom stereocenters. The van der Waals surface area contributed by atoms with Crippen LogP contribution in [0.15, 0.2) is 18.3 Å². The van der Waals surface area contributed by atoms with Crippen LogP contribution in [0.3, 0.4) is 0 Å². The molecule has 7 heteroatoms. The summed E-state index contributed by atoms with van der Waals surface area (Å²) in [6, 6.07) is 3.03. The van der Waals surface area contributed by atoms with Gasteiger partial charge in [0.05, 0.1) is 17.1 Å². The molecule has 2 rings (SSSR count). The highest BCUT2D eigenvalue weighted by Crippen LogP contribution is 2.24. The third-order valence-corrected chi connectivity index (χ3v) is 3.95. The van der Waals surface area contributed by atoms with E-state index in [0.717, 1.165) is 13.1 Å². The molecule has 0 bridgehead atoms. The summed E-state index contributed by atoms with van der Waals surface area (Å²) in [6.45, 7) is 10.7. The number of nitrogens with zero attached hydrogens (tertiary/aromatic N) is 3. The molecule has 0 amide bonds. The van der Waals surface area contributed by atoms with Crippen LogP contribution in [0.25, 0.3) is 0 Å². The smallest absolute Gasteiger partial charge is 0.311 e. The minimum absolute atomic E-state index is 0.00186. The monoisotopic (exact) mass is 308 g/mol. The van der Waals surface area contributed by atoms with Crippen LogP contribution in [0.1, 0.15) is 27.7 Å². The first-order valence-electron chi connectivity index (χ1n) is 7.53. The van der Waals surface area contributed by atoms with Crippen molar-refractivity contribution in [3.8, 4) is 0 Å². The van der Waals surface area contributed by atoms with Gasteiger partial charge in [-0.05, 0) is 33.8 Å². The Labute approximate surface area is 130 Å². The lowest BCUT2D eigenvalue weighted by Crippen LogP contribution is -2.57. The lowest BCUT2D eigenvalue weighted by molar-refractivity contribution is -0.384. The Morgan fingerprint density at radius 2 is 2.09 bits per heavy atom. The first kappa shape index (κ1) is 16.6. The molecular formula is C15H24N4O3. The number of nitro groups is 1. The summed E-state index contributed by atoms with van der Waals surface area (Å²) in [5, 5.41) is 14.2. The van der Waals surface area contributed by atoms with E-state index in [1.165, 1.54) is 6.07 Å². The fraction of sp³-hybridized carbons (Fsp3) is 0.667. The van der Waals surface area contributed by atoms with Crippen molar-refractivity contribution in [3.05, 3.63) is 28.4 Å². The third-order valence-electron chi connectivity index (χ3n) is 3.95. The summed E-state index contributed by atoms with van der Waals surface area (Å²) in [4.78, 5) is 17.1. The lowest BCUT2D eigenvalue weighted by atomic mass is 10.00. The zero-order chi connectivity index (χ0) is 16.3. The fourth-order valence-electron chi connectivity index (χ4n) is 2.76. The van der Waals surface area contributed by atoms with E-state index in [2.05, 4.69) is 42.9 Å². The molecule has 22 heavy (non-hydrogen) atoms. The van der Waals surface area contributed by atoms with Crippen molar-refractivity contribution >= 4 is 11.5 Å². The maximum absolute atomic E-state index is 11.0. The van der Waals surface area contributed by atoms with Crippen LogP contribution in [-0.2, 0) is 4.74 Å². The van der Waals surface area contributed by atoms with E-state index in [-0.39, 0.29) is 23.4 Å². The zero-order valence-corrected chi connectivity index (χ0v) is 13.6. The number of nitrogens with one attached hydrogen (secondary N) is 1. The quantitative estimate of drug-likeness (QED) is 0.664. The average molecular weight is 308 g/mol. The Morgan fingerprint density at radius 3 is 2.68 bits per heavy atom. The van der Waals surface area contributed by atoms with Gasteiger partial charge in [0, 0.05) is 37.4 Å². The van der Waals surface area contributed by atoms with Crippen LogP contribution in [0, 0.1) is 10.1 Å². The number of ether oxygens (including phenoxy) is 1. The van der Waals surface area contributed by atoms with Crippen LogP contribution in [-0.4, -0.2) is 52.2 Å². The Morgan fingerprint density at radius 1 is 1.45 bits per heavy atom. The lowest BCUT2D eigenvalue weighted by Gasteiger charge is -2.45. The zero-order valence-electron chi connectivity index (χ0n) is 13.6. The SMILES string of the molecule is C[C@H]1CN(C(C)(C)CNc2ncccc2[N+](=O)[O-])C[C@H](C)O1. The van der Waals surface area contributed by atoms with E-state index < -0.39 is 4.92 Å². The molecule has 1 aromatic heterocycles. The van der Waals surface area contributed by atoms with Crippen LogP contribution < -0.4 is 5.32 Å². The number of hydrogen-bond donors (Lipinski definition) is 1. The molecular weight excluding hydrogens is 284 g/mol. The predicted molar refractivity (Wildman–Crippen MR) is 85.0 cm³/mol. The molecule has 2 atom stereocenters. The van der Waals surface area contributed by atoms with Gasteiger partial charge in [-0.2, -0.15) is 0 Å². The van der Waals surface area contributed by atoms with Crippen molar-refractivity contribution < 1.29 is 9.66 Å². The highest BCUT2D eigenvalue weighted by atomic mass is 16.6. The number of anilines is 1. The minimum atomic E-state index is -0.415. The summed E-state index contributed by atoms with van der Waals surface area (Å²) in [6.07, 6.45) is 1.93. The van der Waals surface area contributed by atoms with Gasteiger partial charge in [-0.25, -0.2) is 4.98 Å². The second-order valence-corrected chi connectivity index (χ2v) is 6.46. The summed E-state index contributed by atoms with van der Waals surface area (Å²) in [7, 11) is 0. The van der Waals surface area contributed by atoms with Crippen molar-refractivity contribution in [2.45, 2.75) is 45.4 Å². The van der Waals surface area contributed by atoms with Gasteiger partial charge in [0.2, 0.25) is 5.82 Å². The van der Waals surface area contributed by atoms with Crippen molar-refractivity contribution in [1.29, 1.82) is 0 Å². The van der Waals surface area contributed by atoms with Gasteiger partial charge in [-0.3, -0.25) is 15.0 Å². The summed E-state index contributed by atoms with van der Waals surface area (Å²) >= 11 is 0. The van der Waals surface area contributed by atoms with Gasteiger partial charge in [0.15, 0.2) is 0 Å². The molecule has 1 aliphatic heterocycles. The largest absolute Gasteiger partial charge is 0.373 e. The summed E-state index contributed by atoms with van der Waals surface area (Å²) < 4.78 is 5.76. The Hall–Kier alpha value is -1.73. The fourth-order valence-corrected chi connectivity index (χ4v) is 2.76. The maximum Gasteiger partial charge on any atom is 0.311 e. The molecule has 1 aromatic rings. The minimum Gasteiger partial charge on any atom is -0.373 e. The molecule has 122 valence electrons. The van der Waals surface area contributed by atoms with Crippen LogP contribution in [0.4, 0.5) is 11.5 Å². The number of hydrogen-bond acceptors (Lipinski definition) is 6. The van der Waals surface area contributed by atoms with Gasteiger partial charge in [0.25, 0.3) is 0 Å². The highest BCUT2D eigenvalue weighted by molar-refractivity contribution is 5.55. The standard InChI is InChI=1S/C15H24N4O3/c1-11-8-18(9-12(2)22-11)15(3,4)10-17-14-13(19(20)21)6-5-7-16-14/h5-7,11-12H,8-10H2,1-4H3,(H,16,17)/t11-,12-/m0/s1. The van der Waals surface area contributed by atoms with E-state index >= 15 is 0 Å². The number of morpholine rings is 1. The Balaban J connectivity index is 2.05. The molecule has 0 radical (unpaired) electrons. The van der Waals surface area contributed by atoms with E-state index in [0.29, 0.717) is 12.4 Å². The van der Waals surface area contributed by atoms with E-state index in [9.17, 15) is 10.1 Å². The normalized spacial score (nSPS) is 23.3. The highest BCUT2D eigenvalue weighted by Gasteiger charge is 2.33. The van der Waals surface area contributed by atoms with Gasteiger partial charge < -0.3 is 10.1 Å². The number of aromatic nitrogens is 1. The number of rotatable bonds is 5. The molecule has 0 aromatic carbocycles. The molecule has 1 fully saturated rings. The van der Waals surface area contributed by atoms with Gasteiger partial charge >= 0.3 is 5.69 Å². The van der Waals surface area contributed by atoms with Crippen molar-refractivity contribution in [2.75, 3.05) is 25.0 Å². The third kappa shape index (κ3) is 3.92. The Bertz CT molecular complexity index is 525. The molecule has 0 spiro atoms. The van der Waals surface area contributed by atoms with E-state index in [1.54, 1.807) is 12.3 Å². The first-order chi connectivity index (χ1) is 10.3. The van der Waals surface area contributed by atoms with Crippen LogP contribution >= 0.6 is 0 Å². The molecule has 2 heterocycles. The second kappa shape index (κ2) is 6.58. The molecule has 1 N–H and O–H groups in total. The number of pyridine rings is 1. The summed E-state index contributed by atoms with van der Waals surface area (Å²) in [5.41, 5.74) is -0.153. The molecule has 0 saturated carbocycles. The molecule has 1 aliphatic rings. The van der Waals surface area contributed by atoms with Gasteiger partial charge in [-0.15, -0.1) is 0 Å². The molecule has 1 saturated heterocycles. The van der Waals surface area contributed by atoms with Gasteiger partial charge in [-0.1, -0.05) is 0 Å². The average Bonchev–Trinajstić information content (AvgIpc) is 2.44. The second-order valence-electron chi connectivity index (χ2n) is 6.46. The predicted octanol–water partition coefficient (Wildman–Crippen LogP) is 2.29. The van der Waals surface area contributed by atoms with Crippen molar-refractivity contribution in [1.82, 2.24) is 9.88 Å². The van der Waals surface area contributed by atoms with E-state index in [4.69, 9.17) is 4.74 Å².